The number of nitrogens with zero attached hydrogens (tertiary/aromatic N) is 1. The molecule has 8 heteroatoms. The first-order chi connectivity index (χ1) is 17.5. The molecule has 1 spiro atoms. The largest absolute Gasteiger partial charge is 0.497 e. The van der Waals surface area contributed by atoms with E-state index in [0.717, 1.165) is 6.42 Å². The maximum atomic E-state index is 14.2. The van der Waals surface area contributed by atoms with Crippen LogP contribution in [-0.2, 0) is 15.2 Å². The van der Waals surface area contributed by atoms with Crippen LogP contribution in [0.1, 0.15) is 34.8 Å². The van der Waals surface area contributed by atoms with Gasteiger partial charge < -0.3 is 24.4 Å². The van der Waals surface area contributed by atoms with Crippen molar-refractivity contribution in [1.82, 2.24) is 0 Å². The minimum atomic E-state index is -1.66. The number of carbonyl (C=O) groups is 2. The lowest BCUT2D eigenvalue weighted by Crippen LogP contribution is -2.46. The number of amides is 1. The summed E-state index contributed by atoms with van der Waals surface area (Å²) in [6.07, 6.45) is 0.874. The van der Waals surface area contributed by atoms with Crippen LogP contribution in [0.4, 0.5) is 5.69 Å². The predicted molar refractivity (Wildman–Crippen MR) is 134 cm³/mol. The van der Waals surface area contributed by atoms with Gasteiger partial charge in [0.1, 0.15) is 28.9 Å². The molecule has 0 fully saturated rings. The number of ketones is 1. The molecule has 2 atom stereocenters. The number of nitrogens with one attached hydrogen (secondary N) is 1. The molecule has 0 aromatic heterocycles. The monoisotopic (exact) mass is 486 g/mol. The van der Waals surface area contributed by atoms with Gasteiger partial charge in [0.15, 0.2) is 5.78 Å². The van der Waals surface area contributed by atoms with E-state index in [0.29, 0.717) is 46.2 Å². The fourth-order valence-corrected chi connectivity index (χ4v) is 4.68. The predicted octanol–water partition coefficient (Wildman–Crippen LogP) is 4.57. The first-order valence-electron chi connectivity index (χ1n) is 11.7. The summed E-state index contributed by atoms with van der Waals surface area (Å²) in [6.45, 7) is 2.60. The fourth-order valence-electron chi connectivity index (χ4n) is 4.68. The average Bonchev–Trinajstić information content (AvgIpc) is 3.45. The van der Waals surface area contributed by atoms with Gasteiger partial charge >= 0.3 is 0 Å². The molecule has 0 aliphatic carbocycles. The van der Waals surface area contributed by atoms with Gasteiger partial charge in [0.25, 0.3) is 11.5 Å². The summed E-state index contributed by atoms with van der Waals surface area (Å²) >= 11 is 0. The smallest absolute Gasteiger partial charge is 0.277 e. The van der Waals surface area contributed by atoms with E-state index in [1.54, 1.807) is 67.8 Å². The Bertz CT molecular complexity index is 1350. The summed E-state index contributed by atoms with van der Waals surface area (Å²) in [7, 11) is 3.08. The van der Waals surface area contributed by atoms with E-state index in [2.05, 4.69) is 10.5 Å². The summed E-state index contributed by atoms with van der Waals surface area (Å²) in [5.74, 6) is -0.157. The third kappa shape index (κ3) is 3.66. The van der Waals surface area contributed by atoms with E-state index < -0.39 is 17.4 Å². The zero-order valence-corrected chi connectivity index (χ0v) is 20.2. The number of benzene rings is 3. The topological polar surface area (TPSA) is 95.5 Å². The van der Waals surface area contributed by atoms with Gasteiger partial charge in [-0.25, -0.2) is 0 Å². The van der Waals surface area contributed by atoms with Gasteiger partial charge in [0.2, 0.25) is 0 Å². The molecule has 2 heterocycles. The molecule has 0 saturated heterocycles. The molecule has 3 aromatic carbocycles. The maximum absolute atomic E-state index is 14.2. The second kappa shape index (κ2) is 9.37. The van der Waals surface area contributed by atoms with E-state index in [1.165, 1.54) is 7.11 Å². The lowest BCUT2D eigenvalue weighted by molar-refractivity contribution is -0.140. The van der Waals surface area contributed by atoms with Gasteiger partial charge in [-0.3, -0.25) is 9.59 Å². The first kappa shape index (κ1) is 23.4. The van der Waals surface area contributed by atoms with Crippen LogP contribution in [-0.4, -0.2) is 38.2 Å². The molecule has 0 unspecified atom stereocenters. The molecule has 0 radical (unpaired) electrons. The summed E-state index contributed by atoms with van der Waals surface area (Å²) in [6, 6.07) is 19.2. The van der Waals surface area contributed by atoms with Crippen LogP contribution in [0.25, 0.3) is 0 Å². The van der Waals surface area contributed by atoms with Gasteiger partial charge in [0, 0.05) is 22.4 Å². The molecule has 5 rings (SSSR count). The number of rotatable bonds is 8. The number of fused-ring (bicyclic) bond motifs is 2. The van der Waals surface area contributed by atoms with Gasteiger partial charge in [0.05, 0.1) is 20.8 Å². The second-order valence-corrected chi connectivity index (χ2v) is 8.54. The van der Waals surface area contributed by atoms with E-state index in [4.69, 9.17) is 19.0 Å². The summed E-state index contributed by atoms with van der Waals surface area (Å²) in [5, 5.41) is 7.19. The fraction of sp³-hybridized carbons (Fsp3) is 0.250. The lowest BCUT2D eigenvalue weighted by Gasteiger charge is -2.27. The average molecular weight is 487 g/mol. The highest BCUT2D eigenvalue weighted by atomic mass is 16.7. The number of hydrogen-bond donors (Lipinski definition) is 1. The summed E-state index contributed by atoms with van der Waals surface area (Å²) in [4.78, 5) is 33.6. The van der Waals surface area contributed by atoms with Crippen LogP contribution in [0.3, 0.4) is 0 Å². The minimum Gasteiger partial charge on any atom is -0.497 e. The summed E-state index contributed by atoms with van der Waals surface area (Å²) in [5.41, 5.74) is 0.671. The minimum absolute atomic E-state index is 0.286. The number of anilines is 1. The molecule has 2 aliphatic rings. The van der Waals surface area contributed by atoms with Crippen LogP contribution >= 0.6 is 0 Å². The van der Waals surface area contributed by atoms with Crippen molar-refractivity contribution in [2.75, 3.05) is 26.1 Å². The number of Topliss-reactive ketones (excluding diaryl/α,β-unsaturated/α-hetero) is 1. The van der Waals surface area contributed by atoms with Crippen LogP contribution < -0.4 is 19.5 Å². The van der Waals surface area contributed by atoms with E-state index in [1.807, 2.05) is 13.0 Å². The molecular formula is C28H26N2O6. The van der Waals surface area contributed by atoms with Crippen molar-refractivity contribution in [2.45, 2.75) is 18.9 Å². The normalized spacial score (nSPS) is 19.8. The molecule has 184 valence electrons. The van der Waals surface area contributed by atoms with Crippen LogP contribution in [0.5, 0.6) is 17.2 Å². The molecule has 3 aromatic rings. The summed E-state index contributed by atoms with van der Waals surface area (Å²) < 4.78 is 16.6. The Labute approximate surface area is 208 Å². The highest BCUT2D eigenvalue weighted by Gasteiger charge is 2.63. The number of ether oxygens (including phenoxy) is 3. The maximum Gasteiger partial charge on any atom is 0.277 e. The molecule has 1 N–H and O–H groups in total. The van der Waals surface area contributed by atoms with E-state index >= 15 is 0 Å². The number of oxime groups is 1. The van der Waals surface area contributed by atoms with Gasteiger partial charge in [-0.05, 0) is 55.0 Å². The highest BCUT2D eigenvalue weighted by Crippen LogP contribution is 2.50. The van der Waals surface area contributed by atoms with Crippen molar-refractivity contribution in [3.05, 3.63) is 83.4 Å². The standard InChI is InChI=1S/C28H26N2O6/c1-4-15-35-18-11-9-17(10-12-18)26(31)24-25(20-16-19(33-2)13-14-23(20)34-3)30-36-28(24)21-7-5-6-8-22(21)29-27(28)32/h5-14,16,24H,4,15H2,1-3H3,(H,29,32)/t24-,28-/m0/s1. The molecule has 0 bridgehead atoms. The molecule has 1 amide bonds. The number of methoxy groups -OCH3 is 2. The van der Waals surface area contributed by atoms with Crippen molar-refractivity contribution in [3.8, 4) is 17.2 Å². The molecule has 2 aliphatic heterocycles. The number of hydrogen-bond acceptors (Lipinski definition) is 7. The highest BCUT2D eigenvalue weighted by molar-refractivity contribution is 6.25. The van der Waals surface area contributed by atoms with Crippen molar-refractivity contribution in [1.29, 1.82) is 0 Å². The van der Waals surface area contributed by atoms with Crippen LogP contribution in [0.15, 0.2) is 71.9 Å². The third-order valence-electron chi connectivity index (χ3n) is 6.44. The second-order valence-electron chi connectivity index (χ2n) is 8.54. The van der Waals surface area contributed by atoms with E-state index in [-0.39, 0.29) is 11.5 Å². The van der Waals surface area contributed by atoms with Crippen LogP contribution in [0, 0.1) is 5.92 Å². The zero-order chi connectivity index (χ0) is 25.3. The Balaban J connectivity index is 1.65. The van der Waals surface area contributed by atoms with Crippen molar-refractivity contribution in [3.63, 3.8) is 0 Å². The first-order valence-corrected chi connectivity index (χ1v) is 11.7. The Kier molecular flexibility index (Phi) is 6.10. The Hall–Kier alpha value is -4.33. The Morgan fingerprint density at radius 3 is 2.50 bits per heavy atom. The molecule has 36 heavy (non-hydrogen) atoms. The van der Waals surface area contributed by atoms with Gasteiger partial charge in [-0.1, -0.05) is 30.3 Å². The Morgan fingerprint density at radius 2 is 1.78 bits per heavy atom. The lowest BCUT2D eigenvalue weighted by atomic mass is 9.74. The number of para-hydroxylation sites is 1. The van der Waals surface area contributed by atoms with Crippen LogP contribution in [0.2, 0.25) is 0 Å². The Morgan fingerprint density at radius 1 is 1.03 bits per heavy atom. The van der Waals surface area contributed by atoms with Gasteiger partial charge in [-0.15, -0.1) is 0 Å². The quantitative estimate of drug-likeness (QED) is 0.469. The molecule has 0 saturated carbocycles. The van der Waals surface area contributed by atoms with Crippen molar-refractivity contribution in [2.24, 2.45) is 11.1 Å². The van der Waals surface area contributed by atoms with Gasteiger partial charge in [-0.2, -0.15) is 0 Å². The van der Waals surface area contributed by atoms with E-state index in [9.17, 15) is 9.59 Å². The van der Waals surface area contributed by atoms with Crippen molar-refractivity contribution >= 4 is 23.1 Å². The molecular weight excluding hydrogens is 460 g/mol. The number of carbonyl (C=O) groups excluding carboxylic acids is 2. The SMILES string of the molecule is CCCOc1ccc(C(=O)[C@@H]2C(c3cc(OC)ccc3OC)=NO[C@]23C(=O)Nc2ccccc23)cc1. The third-order valence-corrected chi connectivity index (χ3v) is 6.44. The van der Waals surface area contributed by atoms with Crippen molar-refractivity contribution < 1.29 is 28.6 Å². The molecule has 8 nitrogen and oxygen atoms in total. The zero-order valence-electron chi connectivity index (χ0n) is 20.2.